The normalized spacial score (nSPS) is 25.4. The van der Waals surface area contributed by atoms with Gasteiger partial charge in [-0.25, -0.2) is 18.2 Å². The molecule has 2 saturated carbocycles. The van der Waals surface area contributed by atoms with E-state index in [1.807, 2.05) is 18.2 Å². The molecule has 226 valence electrons. The fraction of sp³-hybridized carbons (Fsp3) is 0.517. The Kier molecular flexibility index (Phi) is 7.58. The first-order chi connectivity index (χ1) is 19.8. The molecule has 0 radical (unpaired) electrons. The summed E-state index contributed by atoms with van der Waals surface area (Å²) in [6.07, 6.45) is 3.00. The molecule has 0 spiro atoms. The average molecular weight is 601 g/mol. The standard InChI is InChI=1S/C29H36N4O8S/c1-6-17-15-29(17,26(35)32-42(37,38)19-10-11-19)31-24(34)22-14-18(16-33(22)27(36)41-28(2,3)4)40-25-21-8-7-9-23(39-5)20(21)12-13-30-25/h6-9,12-13,17-19,22H,1,10-11,14-16H2,2-5H3,(H,31,34)(H,32,35)/t17?,18-,22+,29-/m1/s1. The Morgan fingerprint density at radius 1 is 1.17 bits per heavy atom. The molecular formula is C29H36N4O8S. The van der Waals surface area contributed by atoms with E-state index in [1.54, 1.807) is 40.1 Å². The number of carbonyl (C=O) groups excluding carboxylic acids is 3. The summed E-state index contributed by atoms with van der Waals surface area (Å²) in [6, 6.07) is 6.23. The van der Waals surface area contributed by atoms with Crippen LogP contribution in [-0.4, -0.2) is 78.4 Å². The van der Waals surface area contributed by atoms with Crippen LogP contribution in [0.2, 0.25) is 0 Å². The molecule has 1 aromatic heterocycles. The summed E-state index contributed by atoms with van der Waals surface area (Å²) < 4.78 is 44.3. The molecule has 0 bridgehead atoms. The van der Waals surface area contributed by atoms with Crippen molar-refractivity contribution in [3.63, 3.8) is 0 Å². The third kappa shape index (κ3) is 5.87. The largest absolute Gasteiger partial charge is 0.496 e. The van der Waals surface area contributed by atoms with Crippen LogP contribution in [0.5, 0.6) is 11.6 Å². The Balaban J connectivity index is 1.38. The monoisotopic (exact) mass is 600 g/mol. The summed E-state index contributed by atoms with van der Waals surface area (Å²) in [5.41, 5.74) is -2.30. The second-order valence-electron chi connectivity index (χ2n) is 12.0. The second kappa shape index (κ2) is 10.8. The predicted molar refractivity (Wildman–Crippen MR) is 153 cm³/mol. The van der Waals surface area contributed by atoms with Gasteiger partial charge in [-0.05, 0) is 58.2 Å². The number of carbonyl (C=O) groups is 3. The quantitative estimate of drug-likeness (QED) is 0.414. The molecule has 12 nitrogen and oxygen atoms in total. The van der Waals surface area contributed by atoms with Crippen molar-refractivity contribution in [1.29, 1.82) is 0 Å². The molecule has 3 amide bonds. The van der Waals surface area contributed by atoms with E-state index in [1.165, 1.54) is 11.0 Å². The number of rotatable bonds is 9. The molecule has 3 fully saturated rings. The van der Waals surface area contributed by atoms with Crippen molar-refractivity contribution in [3.05, 3.63) is 43.1 Å². The van der Waals surface area contributed by atoms with Gasteiger partial charge in [-0.15, -0.1) is 6.58 Å². The number of nitrogens with one attached hydrogen (secondary N) is 2. The van der Waals surface area contributed by atoms with Crippen molar-refractivity contribution in [2.45, 2.75) is 75.0 Å². The van der Waals surface area contributed by atoms with E-state index in [9.17, 15) is 22.8 Å². The van der Waals surface area contributed by atoms with Gasteiger partial charge in [0, 0.05) is 29.3 Å². The van der Waals surface area contributed by atoms with Gasteiger partial charge in [-0.1, -0.05) is 12.1 Å². The molecule has 3 aliphatic rings. The van der Waals surface area contributed by atoms with E-state index in [0.717, 1.165) is 5.39 Å². The molecule has 4 atom stereocenters. The number of benzene rings is 1. The first-order valence-corrected chi connectivity index (χ1v) is 15.4. The lowest BCUT2D eigenvalue weighted by atomic mass is 10.1. The minimum absolute atomic E-state index is 0.0230. The van der Waals surface area contributed by atoms with Gasteiger partial charge >= 0.3 is 6.09 Å². The number of methoxy groups -OCH3 is 1. The highest BCUT2D eigenvalue weighted by Gasteiger charge is 2.62. The van der Waals surface area contributed by atoms with Gasteiger partial charge in [0.25, 0.3) is 5.91 Å². The fourth-order valence-electron chi connectivity index (χ4n) is 5.25. The van der Waals surface area contributed by atoms with Crippen LogP contribution in [0.3, 0.4) is 0 Å². The van der Waals surface area contributed by atoms with Crippen LogP contribution in [0.25, 0.3) is 10.8 Å². The minimum atomic E-state index is -3.83. The van der Waals surface area contributed by atoms with Crippen LogP contribution in [0.1, 0.15) is 46.5 Å². The molecule has 2 heterocycles. The number of likely N-dealkylation sites (tertiary alicyclic amines) is 1. The van der Waals surface area contributed by atoms with Crippen LogP contribution in [-0.2, 0) is 24.3 Å². The van der Waals surface area contributed by atoms with E-state index >= 15 is 0 Å². The van der Waals surface area contributed by atoms with Gasteiger partial charge < -0.3 is 19.5 Å². The maximum Gasteiger partial charge on any atom is 0.411 e. The Hall–Kier alpha value is -3.87. The first-order valence-electron chi connectivity index (χ1n) is 13.9. The summed E-state index contributed by atoms with van der Waals surface area (Å²) in [5.74, 6) is -0.933. The number of hydrogen-bond donors (Lipinski definition) is 2. The van der Waals surface area contributed by atoms with Gasteiger partial charge in [0.15, 0.2) is 0 Å². The van der Waals surface area contributed by atoms with Crippen LogP contribution in [0.4, 0.5) is 4.79 Å². The van der Waals surface area contributed by atoms with Crippen molar-refractivity contribution >= 4 is 38.7 Å². The molecule has 1 saturated heterocycles. The molecule has 2 aromatic rings. The molecule has 13 heteroatoms. The highest BCUT2D eigenvalue weighted by atomic mass is 32.2. The van der Waals surface area contributed by atoms with E-state index in [0.29, 0.717) is 29.9 Å². The fourth-order valence-corrected chi connectivity index (χ4v) is 6.62. The number of pyridine rings is 1. The number of sulfonamides is 1. The van der Waals surface area contributed by atoms with Crippen molar-refractivity contribution < 1.29 is 37.0 Å². The molecule has 42 heavy (non-hydrogen) atoms. The third-order valence-corrected chi connectivity index (χ3v) is 9.49. The summed E-state index contributed by atoms with van der Waals surface area (Å²) in [7, 11) is -2.26. The molecular weight excluding hydrogens is 564 g/mol. The lowest BCUT2D eigenvalue weighted by Gasteiger charge is -2.29. The van der Waals surface area contributed by atoms with Crippen molar-refractivity contribution in [3.8, 4) is 11.6 Å². The summed E-state index contributed by atoms with van der Waals surface area (Å²) in [4.78, 5) is 45.8. The lowest BCUT2D eigenvalue weighted by Crippen LogP contribution is -2.56. The van der Waals surface area contributed by atoms with Crippen LogP contribution in [0.15, 0.2) is 43.1 Å². The third-order valence-electron chi connectivity index (χ3n) is 7.67. The van der Waals surface area contributed by atoms with Gasteiger partial charge in [0.1, 0.15) is 29.0 Å². The molecule has 2 N–H and O–H groups in total. The number of nitrogens with zero attached hydrogens (tertiary/aromatic N) is 2. The van der Waals surface area contributed by atoms with E-state index in [4.69, 9.17) is 14.2 Å². The minimum Gasteiger partial charge on any atom is -0.496 e. The van der Waals surface area contributed by atoms with Crippen molar-refractivity contribution in [1.82, 2.24) is 19.9 Å². The van der Waals surface area contributed by atoms with Crippen LogP contribution in [0, 0.1) is 5.92 Å². The number of ether oxygens (including phenoxy) is 3. The van der Waals surface area contributed by atoms with E-state index in [2.05, 4.69) is 21.6 Å². The average Bonchev–Trinajstić information content (AvgIpc) is 3.84. The van der Waals surface area contributed by atoms with E-state index in [-0.39, 0.29) is 19.4 Å². The number of aromatic nitrogens is 1. The highest BCUT2D eigenvalue weighted by Crippen LogP contribution is 2.45. The first kappa shape index (κ1) is 29.6. The summed E-state index contributed by atoms with van der Waals surface area (Å²) >= 11 is 0. The highest BCUT2D eigenvalue weighted by molar-refractivity contribution is 7.91. The molecule has 1 unspecified atom stereocenters. The number of amides is 3. The molecule has 5 rings (SSSR count). The van der Waals surface area contributed by atoms with Gasteiger partial charge in [-0.2, -0.15) is 0 Å². The number of fused-ring (bicyclic) bond motifs is 1. The van der Waals surface area contributed by atoms with Crippen molar-refractivity contribution in [2.75, 3.05) is 13.7 Å². The Morgan fingerprint density at radius 2 is 1.90 bits per heavy atom. The predicted octanol–water partition coefficient (Wildman–Crippen LogP) is 2.67. The maximum atomic E-state index is 13.7. The Bertz CT molecular complexity index is 1530. The molecule has 2 aliphatic carbocycles. The Labute approximate surface area is 244 Å². The second-order valence-corrected chi connectivity index (χ2v) is 13.9. The molecule has 1 aromatic carbocycles. The lowest BCUT2D eigenvalue weighted by molar-refractivity contribution is -0.131. The number of hydrogen-bond acceptors (Lipinski definition) is 9. The van der Waals surface area contributed by atoms with Gasteiger partial charge in [0.05, 0.1) is 18.9 Å². The molecule has 1 aliphatic heterocycles. The zero-order chi connectivity index (χ0) is 30.4. The zero-order valence-corrected chi connectivity index (χ0v) is 24.9. The SMILES string of the molecule is C=CC1C[C@]1(NC(=O)[C@@H]1C[C@@H](Oc2nccc3c(OC)cccc23)CN1C(=O)OC(C)(C)C)C(=O)NS(=O)(=O)C1CC1. The van der Waals surface area contributed by atoms with Crippen LogP contribution >= 0.6 is 0 Å². The van der Waals surface area contributed by atoms with Crippen molar-refractivity contribution in [2.24, 2.45) is 5.92 Å². The summed E-state index contributed by atoms with van der Waals surface area (Å²) in [6.45, 7) is 8.91. The maximum absolute atomic E-state index is 13.7. The zero-order valence-electron chi connectivity index (χ0n) is 24.1. The summed E-state index contributed by atoms with van der Waals surface area (Å²) in [5, 5.41) is 3.63. The van der Waals surface area contributed by atoms with Gasteiger partial charge in [0.2, 0.25) is 21.8 Å². The topological polar surface area (TPSA) is 153 Å². The Morgan fingerprint density at radius 3 is 2.52 bits per heavy atom. The smallest absolute Gasteiger partial charge is 0.411 e. The van der Waals surface area contributed by atoms with Crippen LogP contribution < -0.4 is 19.5 Å². The van der Waals surface area contributed by atoms with E-state index < -0.39 is 62.4 Å². The van der Waals surface area contributed by atoms with Gasteiger partial charge in [-0.3, -0.25) is 19.2 Å².